The Labute approximate surface area is 146 Å². The Morgan fingerprint density at radius 1 is 1.17 bits per heavy atom. The highest BCUT2D eigenvalue weighted by atomic mass is 35.5. The molecule has 128 valence electrons. The average Bonchev–Trinajstić information content (AvgIpc) is 2.54. The molecule has 0 atom stereocenters. The van der Waals surface area contributed by atoms with Crippen molar-refractivity contribution in [3.63, 3.8) is 0 Å². The summed E-state index contributed by atoms with van der Waals surface area (Å²) in [4.78, 5) is 14.0. The van der Waals surface area contributed by atoms with Gasteiger partial charge in [0.05, 0.1) is 17.0 Å². The molecule has 7 heteroatoms. The molecule has 0 fully saturated rings. The molecule has 0 spiro atoms. The van der Waals surface area contributed by atoms with Gasteiger partial charge in [0.25, 0.3) is 5.91 Å². The maximum absolute atomic E-state index is 12.5. The first-order valence-corrected chi connectivity index (χ1v) is 9.37. The highest BCUT2D eigenvalue weighted by Gasteiger charge is 2.18. The molecule has 0 unspecified atom stereocenters. The standard InChI is InChI=1S/C17H18ClNO4S/c1-19(11-12-4-7-14(23-2)8-5-12)17(20)13-6-9-15(18)16(10-13)24(3,21)22/h4-10H,11H2,1-3H3. The Morgan fingerprint density at radius 3 is 2.33 bits per heavy atom. The van der Waals surface area contributed by atoms with E-state index < -0.39 is 9.84 Å². The van der Waals surface area contributed by atoms with E-state index in [1.54, 1.807) is 14.2 Å². The normalized spacial score (nSPS) is 11.2. The minimum Gasteiger partial charge on any atom is -0.497 e. The lowest BCUT2D eigenvalue weighted by Crippen LogP contribution is -2.26. The van der Waals surface area contributed by atoms with Crippen molar-refractivity contribution in [1.29, 1.82) is 0 Å². The number of methoxy groups -OCH3 is 1. The molecule has 2 rings (SSSR count). The van der Waals surface area contributed by atoms with Crippen molar-refractivity contribution in [3.8, 4) is 5.75 Å². The average molecular weight is 368 g/mol. The van der Waals surface area contributed by atoms with E-state index >= 15 is 0 Å². The molecule has 5 nitrogen and oxygen atoms in total. The molecule has 0 aliphatic carbocycles. The van der Waals surface area contributed by atoms with Crippen LogP contribution < -0.4 is 4.74 Å². The van der Waals surface area contributed by atoms with Crippen LogP contribution in [-0.4, -0.2) is 39.6 Å². The van der Waals surface area contributed by atoms with E-state index in [-0.39, 0.29) is 21.4 Å². The van der Waals surface area contributed by atoms with Gasteiger partial charge in [-0.2, -0.15) is 0 Å². The van der Waals surface area contributed by atoms with Gasteiger partial charge >= 0.3 is 0 Å². The second-order valence-corrected chi connectivity index (χ2v) is 7.82. The third-order valence-electron chi connectivity index (χ3n) is 3.50. The van der Waals surface area contributed by atoms with Crippen LogP contribution in [0.3, 0.4) is 0 Å². The number of nitrogens with zero attached hydrogens (tertiary/aromatic N) is 1. The summed E-state index contributed by atoms with van der Waals surface area (Å²) in [6.45, 7) is 0.389. The van der Waals surface area contributed by atoms with Gasteiger partial charge in [-0.05, 0) is 35.9 Å². The molecule has 2 aromatic rings. The predicted molar refractivity (Wildman–Crippen MR) is 93.4 cm³/mol. The molecule has 24 heavy (non-hydrogen) atoms. The maximum atomic E-state index is 12.5. The quantitative estimate of drug-likeness (QED) is 0.814. The third kappa shape index (κ3) is 4.27. The smallest absolute Gasteiger partial charge is 0.253 e. The maximum Gasteiger partial charge on any atom is 0.253 e. The van der Waals surface area contributed by atoms with Crippen molar-refractivity contribution in [2.75, 3.05) is 20.4 Å². The van der Waals surface area contributed by atoms with Crippen molar-refractivity contribution >= 4 is 27.3 Å². The van der Waals surface area contributed by atoms with E-state index in [9.17, 15) is 13.2 Å². The van der Waals surface area contributed by atoms with E-state index in [2.05, 4.69) is 0 Å². The molecule has 0 N–H and O–H groups in total. The van der Waals surface area contributed by atoms with E-state index in [1.165, 1.54) is 23.1 Å². The van der Waals surface area contributed by atoms with Crippen LogP contribution in [0.15, 0.2) is 47.4 Å². The van der Waals surface area contributed by atoms with E-state index in [0.29, 0.717) is 6.54 Å². The van der Waals surface area contributed by atoms with Crippen LogP contribution in [0.5, 0.6) is 5.75 Å². The first kappa shape index (κ1) is 18.3. The van der Waals surface area contributed by atoms with Crippen LogP contribution in [-0.2, 0) is 16.4 Å². The molecule has 0 bridgehead atoms. The molecule has 0 saturated heterocycles. The van der Waals surface area contributed by atoms with Gasteiger partial charge in [0.15, 0.2) is 9.84 Å². The Balaban J connectivity index is 2.21. The molecule has 0 aliphatic rings. The number of sulfone groups is 1. The number of ether oxygens (including phenoxy) is 1. The predicted octanol–water partition coefficient (Wildman–Crippen LogP) is 3.02. The summed E-state index contributed by atoms with van der Waals surface area (Å²) in [6.07, 6.45) is 1.06. The van der Waals surface area contributed by atoms with E-state index in [1.807, 2.05) is 24.3 Å². The second-order valence-electron chi connectivity index (χ2n) is 5.43. The molecule has 0 aliphatic heterocycles. The number of amides is 1. The van der Waals surface area contributed by atoms with Gasteiger partial charge in [0, 0.05) is 25.4 Å². The van der Waals surface area contributed by atoms with Gasteiger partial charge in [-0.1, -0.05) is 23.7 Å². The zero-order valence-corrected chi connectivity index (χ0v) is 15.2. The topological polar surface area (TPSA) is 63.7 Å². The Bertz CT molecular complexity index is 847. The summed E-state index contributed by atoms with van der Waals surface area (Å²) in [7, 11) is -0.256. The number of carbonyl (C=O) groups is 1. The van der Waals surface area contributed by atoms with E-state index in [0.717, 1.165) is 17.6 Å². The third-order valence-corrected chi connectivity index (χ3v) is 5.08. The fraction of sp³-hybridized carbons (Fsp3) is 0.235. The molecule has 0 saturated carbocycles. The Hall–Kier alpha value is -2.05. The second kappa shape index (κ2) is 7.23. The number of benzene rings is 2. The minimum atomic E-state index is -3.50. The summed E-state index contributed by atoms with van der Waals surface area (Å²) in [5.41, 5.74) is 1.21. The molecular weight excluding hydrogens is 350 g/mol. The van der Waals surface area contributed by atoms with Crippen LogP contribution in [0.25, 0.3) is 0 Å². The van der Waals surface area contributed by atoms with Crippen molar-refractivity contribution in [2.24, 2.45) is 0 Å². The molecular formula is C17H18ClNO4S. The number of carbonyl (C=O) groups excluding carboxylic acids is 1. The minimum absolute atomic E-state index is 0.0483. The van der Waals surface area contributed by atoms with Gasteiger partial charge in [0.1, 0.15) is 5.75 Å². The molecule has 1 amide bonds. The lowest BCUT2D eigenvalue weighted by Gasteiger charge is -2.18. The van der Waals surface area contributed by atoms with Gasteiger partial charge in [-0.25, -0.2) is 8.42 Å². The Kier molecular flexibility index (Phi) is 5.51. The summed E-state index contributed by atoms with van der Waals surface area (Å²) < 4.78 is 28.6. The van der Waals surface area contributed by atoms with Gasteiger partial charge in [-0.3, -0.25) is 4.79 Å². The first-order valence-electron chi connectivity index (χ1n) is 7.10. The number of rotatable bonds is 5. The first-order chi connectivity index (χ1) is 11.2. The van der Waals surface area contributed by atoms with Crippen molar-refractivity contribution in [3.05, 3.63) is 58.6 Å². The highest BCUT2D eigenvalue weighted by molar-refractivity contribution is 7.90. The number of hydrogen-bond acceptors (Lipinski definition) is 4. The lowest BCUT2D eigenvalue weighted by molar-refractivity contribution is 0.0785. The largest absolute Gasteiger partial charge is 0.497 e. The van der Waals surface area contributed by atoms with Crippen LogP contribution >= 0.6 is 11.6 Å². The summed E-state index contributed by atoms with van der Waals surface area (Å²) in [5, 5.41) is 0.104. The van der Waals surface area contributed by atoms with Gasteiger partial charge in [0.2, 0.25) is 0 Å². The monoisotopic (exact) mass is 367 g/mol. The van der Waals surface area contributed by atoms with Gasteiger partial charge < -0.3 is 9.64 Å². The van der Waals surface area contributed by atoms with Crippen LogP contribution in [0, 0.1) is 0 Å². The van der Waals surface area contributed by atoms with E-state index in [4.69, 9.17) is 16.3 Å². The SMILES string of the molecule is COc1ccc(CN(C)C(=O)c2ccc(Cl)c(S(C)(=O)=O)c2)cc1. The van der Waals surface area contributed by atoms with Crippen LogP contribution in [0.4, 0.5) is 0 Å². The fourth-order valence-electron chi connectivity index (χ4n) is 2.22. The summed E-state index contributed by atoms with van der Waals surface area (Å²) >= 11 is 5.91. The number of hydrogen-bond donors (Lipinski definition) is 0. The van der Waals surface area contributed by atoms with Crippen molar-refractivity contribution in [1.82, 2.24) is 4.90 Å². The van der Waals surface area contributed by atoms with Gasteiger partial charge in [-0.15, -0.1) is 0 Å². The Morgan fingerprint density at radius 2 is 1.79 bits per heavy atom. The highest BCUT2D eigenvalue weighted by Crippen LogP contribution is 2.23. The summed E-state index contributed by atoms with van der Waals surface area (Å²) in [5.74, 6) is 0.454. The molecule has 0 heterocycles. The zero-order chi connectivity index (χ0) is 17.9. The molecule has 0 radical (unpaired) electrons. The molecule has 0 aromatic heterocycles. The van der Waals surface area contributed by atoms with Crippen molar-refractivity contribution in [2.45, 2.75) is 11.4 Å². The van der Waals surface area contributed by atoms with Crippen LogP contribution in [0.1, 0.15) is 15.9 Å². The number of halogens is 1. The zero-order valence-electron chi connectivity index (χ0n) is 13.6. The lowest BCUT2D eigenvalue weighted by atomic mass is 10.1. The molecule has 2 aromatic carbocycles. The fourth-order valence-corrected chi connectivity index (χ4v) is 3.52. The van der Waals surface area contributed by atoms with Crippen LogP contribution in [0.2, 0.25) is 5.02 Å². The van der Waals surface area contributed by atoms with Crippen molar-refractivity contribution < 1.29 is 17.9 Å². The summed E-state index contributed by atoms with van der Waals surface area (Å²) in [6, 6.07) is 11.6.